The number of hydrogen-bond acceptors (Lipinski definition) is 4. The van der Waals surface area contributed by atoms with Crippen LogP contribution in [0.15, 0.2) is 97.1 Å². The molecule has 1 amide bonds. The van der Waals surface area contributed by atoms with Crippen molar-refractivity contribution in [1.82, 2.24) is 9.88 Å². The van der Waals surface area contributed by atoms with Gasteiger partial charge in [-0.1, -0.05) is 84.9 Å². The molecule has 0 spiro atoms. The van der Waals surface area contributed by atoms with E-state index in [1.54, 1.807) is 11.0 Å². The molecule has 1 aromatic heterocycles. The van der Waals surface area contributed by atoms with E-state index in [9.17, 15) is 9.59 Å². The van der Waals surface area contributed by atoms with Crippen molar-refractivity contribution in [2.45, 2.75) is 19.0 Å². The Morgan fingerprint density at radius 1 is 0.824 bits per heavy atom. The van der Waals surface area contributed by atoms with Crippen molar-refractivity contribution in [3.05, 3.63) is 114 Å². The summed E-state index contributed by atoms with van der Waals surface area (Å²) < 4.78 is 0. The van der Waals surface area contributed by atoms with E-state index < -0.39 is 6.04 Å². The number of aliphatic hydroxyl groups is 1. The zero-order chi connectivity index (χ0) is 23.9. The van der Waals surface area contributed by atoms with Crippen LogP contribution in [0.5, 0.6) is 0 Å². The predicted octanol–water partition coefficient (Wildman–Crippen LogP) is 4.79. The third-order valence-corrected chi connectivity index (χ3v) is 5.95. The van der Waals surface area contributed by atoms with Gasteiger partial charge in [0.25, 0.3) is 5.91 Å². The van der Waals surface area contributed by atoms with Crippen molar-refractivity contribution in [3.8, 4) is 22.4 Å². The molecule has 0 bridgehead atoms. The maximum Gasteiger partial charge on any atom is 0.273 e. The highest BCUT2D eigenvalue weighted by molar-refractivity contribution is 5.96. The second kappa shape index (κ2) is 10.7. The topological polar surface area (TPSA) is 70.5 Å². The molecule has 5 heteroatoms. The highest BCUT2D eigenvalue weighted by Crippen LogP contribution is 2.31. The van der Waals surface area contributed by atoms with E-state index in [0.29, 0.717) is 18.7 Å². The number of pyridine rings is 1. The number of benzene rings is 3. The van der Waals surface area contributed by atoms with Crippen LogP contribution in [0.1, 0.15) is 21.6 Å². The lowest BCUT2D eigenvalue weighted by Gasteiger charge is -2.33. The minimum absolute atomic E-state index is 0.228. The second-order valence-corrected chi connectivity index (χ2v) is 7.93. The summed E-state index contributed by atoms with van der Waals surface area (Å²) >= 11 is 0. The Balaban J connectivity index is 0.00000133. The molecule has 1 N–H and O–H groups in total. The van der Waals surface area contributed by atoms with Crippen LogP contribution in [0.4, 0.5) is 0 Å². The maximum absolute atomic E-state index is 13.5. The van der Waals surface area contributed by atoms with Crippen molar-refractivity contribution in [2.24, 2.45) is 0 Å². The molecule has 5 nitrogen and oxygen atoms in total. The number of aliphatic hydroxyl groups excluding tert-OH is 1. The fraction of sp³-hybridized carbons (Fsp3) is 0.138. The number of hydrogen-bond donors (Lipinski definition) is 1. The third kappa shape index (κ3) is 4.65. The average molecular weight is 451 g/mol. The van der Waals surface area contributed by atoms with Crippen molar-refractivity contribution in [2.75, 3.05) is 7.11 Å². The molecule has 2 heterocycles. The van der Waals surface area contributed by atoms with Crippen LogP contribution in [0, 0.1) is 0 Å². The number of amides is 1. The van der Waals surface area contributed by atoms with Gasteiger partial charge in [0.2, 0.25) is 0 Å². The van der Waals surface area contributed by atoms with Gasteiger partial charge < -0.3 is 14.8 Å². The lowest BCUT2D eigenvalue weighted by molar-refractivity contribution is -0.112. The van der Waals surface area contributed by atoms with Gasteiger partial charge in [-0.05, 0) is 28.8 Å². The summed E-state index contributed by atoms with van der Waals surface area (Å²) in [5, 5.41) is 7.00. The van der Waals surface area contributed by atoms with E-state index in [4.69, 9.17) is 10.1 Å². The van der Waals surface area contributed by atoms with E-state index in [-0.39, 0.29) is 5.91 Å². The molecule has 1 aliphatic heterocycles. The quantitative estimate of drug-likeness (QED) is 0.454. The third-order valence-electron chi connectivity index (χ3n) is 5.95. The molecule has 0 unspecified atom stereocenters. The smallest absolute Gasteiger partial charge is 0.273 e. The molecule has 34 heavy (non-hydrogen) atoms. The monoisotopic (exact) mass is 450 g/mol. The first-order valence-electron chi connectivity index (χ1n) is 11.1. The highest BCUT2D eigenvalue weighted by atomic mass is 16.2. The number of aromatic nitrogens is 1. The Morgan fingerprint density at radius 2 is 1.41 bits per heavy atom. The minimum atomic E-state index is -0.492. The van der Waals surface area contributed by atoms with Gasteiger partial charge in [-0.25, -0.2) is 4.98 Å². The average Bonchev–Trinajstić information content (AvgIpc) is 2.93. The van der Waals surface area contributed by atoms with Gasteiger partial charge in [-0.15, -0.1) is 0 Å². The van der Waals surface area contributed by atoms with Crippen molar-refractivity contribution in [3.63, 3.8) is 0 Å². The predicted molar refractivity (Wildman–Crippen MR) is 133 cm³/mol. The summed E-state index contributed by atoms with van der Waals surface area (Å²) in [7, 11) is 1.00. The fourth-order valence-electron chi connectivity index (χ4n) is 4.28. The summed E-state index contributed by atoms with van der Waals surface area (Å²) in [5.41, 5.74) is 6.23. The van der Waals surface area contributed by atoms with E-state index >= 15 is 0 Å². The Labute approximate surface area is 199 Å². The highest BCUT2D eigenvalue weighted by Gasteiger charge is 2.31. The summed E-state index contributed by atoms with van der Waals surface area (Å²) in [6.07, 6.45) is 1.39. The lowest BCUT2D eigenvalue weighted by Crippen LogP contribution is -2.45. The molecule has 0 aliphatic carbocycles. The number of aldehydes is 1. The molecule has 0 radical (unpaired) electrons. The Bertz CT molecular complexity index is 1270. The maximum atomic E-state index is 13.5. The van der Waals surface area contributed by atoms with E-state index in [0.717, 1.165) is 46.9 Å². The normalized spacial score (nSPS) is 14.4. The molecular weight excluding hydrogens is 424 g/mol. The minimum Gasteiger partial charge on any atom is -0.400 e. The standard InChI is InChI=1S/C28H22N2O2.CH4O/c31-19-24-17-22-13-7-8-14-23(22)18-30(24)28(32)26-16-15-25(20-9-3-1-4-10-20)27(29-26)21-11-5-2-6-12-21;1-2/h1-16,19,24H,17-18H2;2H,1H3/t24-;/m0./s1. The van der Waals surface area contributed by atoms with Crippen molar-refractivity contribution in [1.29, 1.82) is 0 Å². The van der Waals surface area contributed by atoms with Crippen LogP contribution in [-0.4, -0.2) is 40.3 Å². The zero-order valence-corrected chi connectivity index (χ0v) is 19.0. The van der Waals surface area contributed by atoms with Gasteiger partial charge in [0.1, 0.15) is 12.0 Å². The van der Waals surface area contributed by atoms with Crippen molar-refractivity contribution >= 4 is 12.2 Å². The molecule has 3 aromatic carbocycles. The van der Waals surface area contributed by atoms with Crippen LogP contribution >= 0.6 is 0 Å². The SMILES string of the molecule is CO.O=C[C@@H]1Cc2ccccc2CN1C(=O)c1ccc(-c2ccccc2)c(-c2ccccc2)n1. The first-order chi connectivity index (χ1) is 16.7. The zero-order valence-electron chi connectivity index (χ0n) is 19.0. The van der Waals surface area contributed by atoms with Crippen LogP contribution in [-0.2, 0) is 17.8 Å². The Morgan fingerprint density at radius 3 is 2.06 bits per heavy atom. The number of carbonyl (C=O) groups is 2. The first-order valence-corrected chi connectivity index (χ1v) is 11.1. The molecule has 0 saturated heterocycles. The molecule has 0 fully saturated rings. The van der Waals surface area contributed by atoms with E-state index in [2.05, 4.69) is 0 Å². The lowest BCUT2D eigenvalue weighted by atomic mass is 9.94. The number of rotatable bonds is 4. The van der Waals surface area contributed by atoms with Crippen LogP contribution in [0.25, 0.3) is 22.4 Å². The summed E-state index contributed by atoms with van der Waals surface area (Å²) in [5.74, 6) is -0.228. The van der Waals surface area contributed by atoms with E-state index in [1.807, 2.05) is 91.0 Å². The number of fused-ring (bicyclic) bond motifs is 1. The second-order valence-electron chi connectivity index (χ2n) is 7.93. The summed E-state index contributed by atoms with van der Waals surface area (Å²) in [6.45, 7) is 0.404. The van der Waals surface area contributed by atoms with Crippen LogP contribution in [0.2, 0.25) is 0 Å². The van der Waals surface area contributed by atoms with Crippen LogP contribution < -0.4 is 0 Å². The molecule has 1 atom stereocenters. The largest absolute Gasteiger partial charge is 0.400 e. The fourth-order valence-corrected chi connectivity index (χ4v) is 4.28. The van der Waals surface area contributed by atoms with E-state index in [1.165, 1.54) is 0 Å². The number of carbonyl (C=O) groups excluding carboxylic acids is 2. The Kier molecular flexibility index (Phi) is 7.25. The molecular formula is C29H26N2O3. The van der Waals surface area contributed by atoms with Gasteiger partial charge in [0, 0.05) is 31.2 Å². The summed E-state index contributed by atoms with van der Waals surface area (Å²) in [4.78, 5) is 31.8. The molecule has 170 valence electrons. The van der Waals surface area contributed by atoms with Gasteiger partial charge in [0.05, 0.1) is 11.7 Å². The molecule has 0 saturated carbocycles. The molecule has 5 rings (SSSR count). The van der Waals surface area contributed by atoms with Gasteiger partial charge in [0.15, 0.2) is 0 Å². The van der Waals surface area contributed by atoms with Gasteiger partial charge in [-0.2, -0.15) is 0 Å². The summed E-state index contributed by atoms with van der Waals surface area (Å²) in [6, 6.07) is 31.1. The van der Waals surface area contributed by atoms with Crippen molar-refractivity contribution < 1.29 is 14.7 Å². The molecule has 4 aromatic rings. The molecule has 1 aliphatic rings. The Hall–Kier alpha value is -4.09. The van der Waals surface area contributed by atoms with Gasteiger partial charge >= 0.3 is 0 Å². The first kappa shape index (κ1) is 23.1. The van der Waals surface area contributed by atoms with Gasteiger partial charge in [-0.3, -0.25) is 4.79 Å². The number of nitrogens with zero attached hydrogens (tertiary/aromatic N) is 2. The van der Waals surface area contributed by atoms with Crippen LogP contribution in [0.3, 0.4) is 0 Å².